The van der Waals surface area contributed by atoms with Crippen LogP contribution in [0, 0.1) is 12.3 Å². The van der Waals surface area contributed by atoms with E-state index in [1.165, 1.54) is 0 Å². The SMILES string of the molecule is C#CCOc1ccc(CCNC(=O)[C@@H](OCC=C)c2ccc(Cl)c(Cl)c2)cc1OC. The third kappa shape index (κ3) is 6.70. The normalized spacial score (nSPS) is 11.3. The monoisotopic (exact) mass is 447 g/mol. The molecule has 1 N–H and O–H groups in total. The van der Waals surface area contributed by atoms with E-state index in [1.807, 2.05) is 12.1 Å². The van der Waals surface area contributed by atoms with Crippen molar-refractivity contribution >= 4 is 29.1 Å². The number of rotatable bonds is 11. The van der Waals surface area contributed by atoms with Crippen LogP contribution in [0.5, 0.6) is 11.5 Å². The second-order valence-electron chi connectivity index (χ2n) is 6.19. The summed E-state index contributed by atoms with van der Waals surface area (Å²) in [4.78, 5) is 12.7. The predicted octanol–water partition coefficient (Wildman–Crippen LogP) is 4.62. The Labute approximate surface area is 186 Å². The Morgan fingerprint density at radius 1 is 1.23 bits per heavy atom. The molecule has 2 aromatic rings. The van der Waals surface area contributed by atoms with E-state index in [4.69, 9.17) is 43.8 Å². The van der Waals surface area contributed by atoms with E-state index < -0.39 is 6.10 Å². The molecule has 0 spiro atoms. The van der Waals surface area contributed by atoms with E-state index >= 15 is 0 Å². The molecule has 158 valence electrons. The van der Waals surface area contributed by atoms with Gasteiger partial charge in [-0.1, -0.05) is 47.3 Å². The molecule has 0 aliphatic carbocycles. The maximum atomic E-state index is 12.7. The molecule has 1 atom stereocenters. The van der Waals surface area contributed by atoms with Gasteiger partial charge in [-0.2, -0.15) is 0 Å². The van der Waals surface area contributed by atoms with E-state index in [-0.39, 0.29) is 19.1 Å². The van der Waals surface area contributed by atoms with Crippen molar-refractivity contribution in [2.24, 2.45) is 0 Å². The molecular formula is C23H23Cl2NO4. The van der Waals surface area contributed by atoms with Crippen LogP contribution in [-0.4, -0.2) is 32.8 Å². The van der Waals surface area contributed by atoms with E-state index in [0.29, 0.717) is 40.1 Å². The highest BCUT2D eigenvalue weighted by Crippen LogP contribution is 2.29. The first-order valence-electron chi connectivity index (χ1n) is 9.18. The Balaban J connectivity index is 2.02. The van der Waals surface area contributed by atoms with Gasteiger partial charge in [0.1, 0.15) is 6.61 Å². The zero-order chi connectivity index (χ0) is 21.9. The highest BCUT2D eigenvalue weighted by atomic mass is 35.5. The van der Waals surface area contributed by atoms with Gasteiger partial charge in [-0.05, 0) is 41.8 Å². The van der Waals surface area contributed by atoms with Crippen LogP contribution in [0.15, 0.2) is 49.1 Å². The number of nitrogens with one attached hydrogen (secondary N) is 1. The molecule has 0 saturated heterocycles. The van der Waals surface area contributed by atoms with Gasteiger partial charge >= 0.3 is 0 Å². The third-order valence-corrected chi connectivity index (χ3v) is 4.86. The van der Waals surface area contributed by atoms with Crippen molar-refractivity contribution in [3.63, 3.8) is 0 Å². The molecule has 0 radical (unpaired) electrons. The minimum absolute atomic E-state index is 0.159. The summed E-state index contributed by atoms with van der Waals surface area (Å²) in [6.45, 7) is 4.41. The zero-order valence-corrected chi connectivity index (χ0v) is 18.1. The lowest BCUT2D eigenvalue weighted by Crippen LogP contribution is -2.32. The van der Waals surface area contributed by atoms with Gasteiger partial charge in [0.2, 0.25) is 0 Å². The van der Waals surface area contributed by atoms with Gasteiger partial charge in [0, 0.05) is 6.54 Å². The molecular weight excluding hydrogens is 425 g/mol. The number of carbonyl (C=O) groups excluding carboxylic acids is 1. The second-order valence-corrected chi connectivity index (χ2v) is 7.01. The first-order chi connectivity index (χ1) is 14.5. The topological polar surface area (TPSA) is 56.8 Å². The van der Waals surface area contributed by atoms with Crippen molar-refractivity contribution < 1.29 is 19.0 Å². The Morgan fingerprint density at radius 2 is 2.03 bits per heavy atom. The van der Waals surface area contributed by atoms with Crippen molar-refractivity contribution in [1.82, 2.24) is 5.32 Å². The molecule has 30 heavy (non-hydrogen) atoms. The van der Waals surface area contributed by atoms with Gasteiger partial charge in [0.15, 0.2) is 17.6 Å². The summed E-state index contributed by atoms with van der Waals surface area (Å²) in [5, 5.41) is 3.65. The van der Waals surface area contributed by atoms with Gasteiger partial charge < -0.3 is 19.5 Å². The first kappa shape index (κ1) is 23.6. The molecule has 0 saturated carbocycles. The Morgan fingerprint density at radius 3 is 2.70 bits per heavy atom. The molecule has 0 bridgehead atoms. The lowest BCUT2D eigenvalue weighted by atomic mass is 10.1. The van der Waals surface area contributed by atoms with Crippen molar-refractivity contribution in [2.45, 2.75) is 12.5 Å². The smallest absolute Gasteiger partial charge is 0.253 e. The van der Waals surface area contributed by atoms with Crippen LogP contribution in [0.4, 0.5) is 0 Å². The number of hydrogen-bond acceptors (Lipinski definition) is 4. The summed E-state index contributed by atoms with van der Waals surface area (Å²) in [6.07, 6.45) is 6.56. The van der Waals surface area contributed by atoms with Crippen LogP contribution in [0.2, 0.25) is 10.0 Å². The molecule has 1 amide bonds. The molecule has 0 aromatic heterocycles. The van der Waals surface area contributed by atoms with E-state index in [2.05, 4.69) is 17.8 Å². The number of terminal acetylenes is 1. The van der Waals surface area contributed by atoms with Gasteiger partial charge in [-0.25, -0.2) is 0 Å². The number of hydrogen-bond donors (Lipinski definition) is 1. The average Bonchev–Trinajstić information content (AvgIpc) is 2.75. The van der Waals surface area contributed by atoms with Gasteiger partial charge in [0.05, 0.1) is 23.8 Å². The van der Waals surface area contributed by atoms with E-state index in [1.54, 1.807) is 37.5 Å². The number of methoxy groups -OCH3 is 1. The lowest BCUT2D eigenvalue weighted by molar-refractivity contribution is -0.132. The molecule has 5 nitrogen and oxygen atoms in total. The minimum atomic E-state index is -0.827. The van der Waals surface area contributed by atoms with Crippen LogP contribution in [0.25, 0.3) is 0 Å². The van der Waals surface area contributed by atoms with Crippen molar-refractivity contribution in [3.05, 3.63) is 70.2 Å². The van der Waals surface area contributed by atoms with Crippen molar-refractivity contribution in [1.29, 1.82) is 0 Å². The standard InChI is InChI=1S/C23H23Cl2NO4/c1-4-12-29-20-9-6-16(14-21(20)28-3)10-11-26-23(27)22(30-13-5-2)17-7-8-18(24)19(25)15-17/h1,5-9,14-15,22H,2,10-13H2,3H3,(H,26,27)/t22-/m0/s1. The molecule has 0 fully saturated rings. The summed E-state index contributed by atoms with van der Waals surface area (Å²) in [6, 6.07) is 10.5. The molecule has 2 aromatic carbocycles. The van der Waals surface area contributed by atoms with Gasteiger partial charge in [-0.15, -0.1) is 13.0 Å². The van der Waals surface area contributed by atoms with E-state index in [0.717, 1.165) is 5.56 Å². The Bertz CT molecular complexity index is 924. The molecule has 0 heterocycles. The van der Waals surface area contributed by atoms with Crippen LogP contribution in [0.3, 0.4) is 0 Å². The second kappa shape index (κ2) is 12.1. The fourth-order valence-corrected chi connectivity index (χ4v) is 3.00. The van der Waals surface area contributed by atoms with Gasteiger partial charge in [0.25, 0.3) is 5.91 Å². The summed E-state index contributed by atoms with van der Waals surface area (Å²) >= 11 is 12.0. The fraction of sp³-hybridized carbons (Fsp3) is 0.261. The maximum Gasteiger partial charge on any atom is 0.253 e. The largest absolute Gasteiger partial charge is 0.493 e. The van der Waals surface area contributed by atoms with Crippen molar-refractivity contribution in [2.75, 3.05) is 26.9 Å². The van der Waals surface area contributed by atoms with Crippen LogP contribution in [0.1, 0.15) is 17.2 Å². The summed E-state index contributed by atoms with van der Waals surface area (Å²) in [7, 11) is 1.56. The number of benzene rings is 2. The Hall–Kier alpha value is -2.65. The predicted molar refractivity (Wildman–Crippen MR) is 119 cm³/mol. The van der Waals surface area contributed by atoms with Gasteiger partial charge in [-0.3, -0.25) is 4.79 Å². The average molecular weight is 448 g/mol. The zero-order valence-electron chi connectivity index (χ0n) is 16.6. The Kier molecular flexibility index (Phi) is 9.56. The number of carbonyl (C=O) groups is 1. The fourth-order valence-electron chi connectivity index (χ4n) is 2.69. The number of halogens is 2. The molecule has 0 aliphatic heterocycles. The minimum Gasteiger partial charge on any atom is -0.493 e. The highest BCUT2D eigenvalue weighted by Gasteiger charge is 2.21. The quantitative estimate of drug-likeness (QED) is 0.403. The van der Waals surface area contributed by atoms with Crippen LogP contribution >= 0.6 is 23.2 Å². The lowest BCUT2D eigenvalue weighted by Gasteiger charge is -2.18. The molecule has 2 rings (SSSR count). The van der Waals surface area contributed by atoms with E-state index in [9.17, 15) is 4.79 Å². The molecule has 0 aliphatic rings. The highest BCUT2D eigenvalue weighted by molar-refractivity contribution is 6.42. The number of ether oxygens (including phenoxy) is 3. The van der Waals surface area contributed by atoms with Crippen LogP contribution < -0.4 is 14.8 Å². The third-order valence-electron chi connectivity index (χ3n) is 4.12. The van der Waals surface area contributed by atoms with Crippen molar-refractivity contribution in [3.8, 4) is 23.8 Å². The summed E-state index contributed by atoms with van der Waals surface area (Å²) in [5.41, 5.74) is 1.58. The first-order valence-corrected chi connectivity index (χ1v) is 9.94. The maximum absolute atomic E-state index is 12.7. The molecule has 7 heteroatoms. The molecule has 0 unspecified atom stereocenters. The number of amides is 1. The summed E-state index contributed by atoms with van der Waals surface area (Å²) in [5.74, 6) is 3.28. The van der Waals surface area contributed by atoms with Crippen LogP contribution in [-0.2, 0) is 16.0 Å². The summed E-state index contributed by atoms with van der Waals surface area (Å²) < 4.78 is 16.4.